The molecule has 2 rings (SSSR count). The predicted octanol–water partition coefficient (Wildman–Crippen LogP) is 3.51. The van der Waals surface area contributed by atoms with Gasteiger partial charge in [-0.1, -0.05) is 19.1 Å². The summed E-state index contributed by atoms with van der Waals surface area (Å²) in [5.41, 5.74) is 8.15. The molecule has 0 amide bonds. The third-order valence-electron chi connectivity index (χ3n) is 3.72. The van der Waals surface area contributed by atoms with E-state index in [1.807, 2.05) is 19.1 Å². The van der Waals surface area contributed by atoms with Gasteiger partial charge in [-0.25, -0.2) is 4.39 Å². The van der Waals surface area contributed by atoms with E-state index in [2.05, 4.69) is 6.92 Å². The van der Waals surface area contributed by atoms with Gasteiger partial charge < -0.3 is 5.73 Å². The first-order valence-electron chi connectivity index (χ1n) is 6.05. The smallest absolute Gasteiger partial charge is 0.126 e. The van der Waals surface area contributed by atoms with Crippen LogP contribution in [-0.2, 0) is 0 Å². The maximum absolute atomic E-state index is 13.1. The second kappa shape index (κ2) is 4.17. The lowest BCUT2D eigenvalue weighted by Gasteiger charge is -2.15. The zero-order chi connectivity index (χ0) is 11.8. The van der Waals surface area contributed by atoms with Crippen molar-refractivity contribution in [1.29, 1.82) is 0 Å². The van der Waals surface area contributed by atoms with E-state index >= 15 is 0 Å². The van der Waals surface area contributed by atoms with E-state index in [-0.39, 0.29) is 11.4 Å². The first-order chi connectivity index (χ1) is 7.50. The highest BCUT2D eigenvalue weighted by Crippen LogP contribution is 2.38. The Balaban J connectivity index is 1.97. The molecule has 1 aromatic rings. The normalized spacial score (nSPS) is 19.5. The van der Waals surface area contributed by atoms with Crippen molar-refractivity contribution in [2.45, 2.75) is 51.0 Å². The summed E-state index contributed by atoms with van der Waals surface area (Å²) in [5.74, 6) is 0.355. The topological polar surface area (TPSA) is 26.0 Å². The minimum absolute atomic E-state index is 0.117. The largest absolute Gasteiger partial charge is 0.325 e. The lowest BCUT2D eigenvalue weighted by atomic mass is 9.92. The molecule has 1 saturated carbocycles. The predicted molar refractivity (Wildman–Crippen MR) is 64.9 cm³/mol. The Hall–Kier alpha value is -0.890. The van der Waals surface area contributed by atoms with Gasteiger partial charge in [0.2, 0.25) is 0 Å². The van der Waals surface area contributed by atoms with Crippen molar-refractivity contribution in [1.82, 2.24) is 0 Å². The quantitative estimate of drug-likeness (QED) is 0.827. The molecule has 1 nitrogen and oxygen atoms in total. The van der Waals surface area contributed by atoms with Crippen LogP contribution in [0, 0.1) is 12.7 Å². The fourth-order valence-corrected chi connectivity index (χ4v) is 2.06. The van der Waals surface area contributed by atoms with Crippen molar-refractivity contribution >= 4 is 0 Å². The third kappa shape index (κ3) is 2.62. The lowest BCUT2D eigenvalue weighted by Crippen LogP contribution is -2.21. The highest BCUT2D eigenvalue weighted by Gasteiger charge is 2.37. The average Bonchev–Trinajstić information content (AvgIpc) is 2.98. The Morgan fingerprint density at radius 1 is 1.44 bits per heavy atom. The molecule has 1 aromatic carbocycles. The van der Waals surface area contributed by atoms with Crippen molar-refractivity contribution in [3.8, 4) is 0 Å². The van der Waals surface area contributed by atoms with Crippen molar-refractivity contribution in [3.05, 3.63) is 35.1 Å². The van der Waals surface area contributed by atoms with Gasteiger partial charge in [-0.15, -0.1) is 0 Å². The van der Waals surface area contributed by atoms with Gasteiger partial charge in [-0.05, 0) is 55.7 Å². The van der Waals surface area contributed by atoms with Gasteiger partial charge in [0.15, 0.2) is 0 Å². The molecule has 1 fully saturated rings. The molecule has 88 valence electrons. The standard InChI is InChI=1S/C14H20FN/c1-10(5-6-14(16)7-8-14)12-3-4-13(15)11(2)9-12/h3-4,9-10H,5-8,16H2,1-2H3. The van der Waals surface area contributed by atoms with Crippen molar-refractivity contribution in [2.24, 2.45) is 5.73 Å². The van der Waals surface area contributed by atoms with Crippen LogP contribution in [0.5, 0.6) is 0 Å². The van der Waals surface area contributed by atoms with Gasteiger partial charge in [-0.3, -0.25) is 0 Å². The van der Waals surface area contributed by atoms with Crippen LogP contribution in [0.3, 0.4) is 0 Å². The summed E-state index contributed by atoms with van der Waals surface area (Å²) < 4.78 is 13.1. The molecule has 0 aromatic heterocycles. The SMILES string of the molecule is Cc1cc(C(C)CCC2(N)CC2)ccc1F. The summed E-state index contributed by atoms with van der Waals surface area (Å²) in [5, 5.41) is 0. The summed E-state index contributed by atoms with van der Waals surface area (Å²) in [6, 6.07) is 5.41. The number of rotatable bonds is 4. The second-order valence-electron chi connectivity index (χ2n) is 5.31. The molecule has 0 heterocycles. The van der Waals surface area contributed by atoms with Crippen molar-refractivity contribution in [3.63, 3.8) is 0 Å². The second-order valence-corrected chi connectivity index (χ2v) is 5.31. The number of hydrogen-bond donors (Lipinski definition) is 1. The zero-order valence-corrected chi connectivity index (χ0v) is 10.1. The van der Waals surface area contributed by atoms with E-state index in [4.69, 9.17) is 5.73 Å². The van der Waals surface area contributed by atoms with E-state index in [0.717, 1.165) is 18.4 Å². The molecule has 0 saturated heterocycles. The fourth-order valence-electron chi connectivity index (χ4n) is 2.06. The average molecular weight is 221 g/mol. The van der Waals surface area contributed by atoms with Crippen LogP contribution in [-0.4, -0.2) is 5.54 Å². The van der Waals surface area contributed by atoms with E-state index in [1.165, 1.54) is 18.4 Å². The molecule has 1 aliphatic rings. The van der Waals surface area contributed by atoms with Gasteiger partial charge in [0, 0.05) is 5.54 Å². The van der Waals surface area contributed by atoms with Gasteiger partial charge in [0.25, 0.3) is 0 Å². The van der Waals surface area contributed by atoms with E-state index in [1.54, 1.807) is 6.07 Å². The number of aryl methyl sites for hydroxylation is 1. The van der Waals surface area contributed by atoms with Crippen LogP contribution < -0.4 is 5.73 Å². The Kier molecular flexibility index (Phi) is 3.02. The molecule has 16 heavy (non-hydrogen) atoms. The number of halogens is 1. The minimum Gasteiger partial charge on any atom is -0.325 e. The van der Waals surface area contributed by atoms with Crippen LogP contribution in [0.4, 0.5) is 4.39 Å². The summed E-state index contributed by atoms with van der Waals surface area (Å²) >= 11 is 0. The summed E-state index contributed by atoms with van der Waals surface area (Å²) in [6.45, 7) is 4.01. The lowest BCUT2D eigenvalue weighted by molar-refractivity contribution is 0.531. The first-order valence-corrected chi connectivity index (χ1v) is 6.05. The minimum atomic E-state index is -0.117. The van der Waals surface area contributed by atoms with Gasteiger partial charge in [0.1, 0.15) is 5.82 Å². The maximum Gasteiger partial charge on any atom is 0.126 e. The molecule has 1 atom stereocenters. The van der Waals surface area contributed by atoms with Crippen molar-refractivity contribution < 1.29 is 4.39 Å². The number of hydrogen-bond acceptors (Lipinski definition) is 1. The first kappa shape index (κ1) is 11.6. The molecule has 2 N–H and O–H groups in total. The Bertz CT molecular complexity index is 382. The van der Waals surface area contributed by atoms with Crippen LogP contribution >= 0.6 is 0 Å². The Morgan fingerprint density at radius 3 is 2.69 bits per heavy atom. The third-order valence-corrected chi connectivity index (χ3v) is 3.72. The highest BCUT2D eigenvalue weighted by molar-refractivity contribution is 5.26. The molecule has 0 aliphatic heterocycles. The van der Waals surface area contributed by atoms with Crippen LogP contribution in [0.2, 0.25) is 0 Å². The Morgan fingerprint density at radius 2 is 2.12 bits per heavy atom. The van der Waals surface area contributed by atoms with E-state index < -0.39 is 0 Å². The summed E-state index contributed by atoms with van der Waals surface area (Å²) in [6.07, 6.45) is 4.52. The van der Waals surface area contributed by atoms with E-state index in [0.29, 0.717) is 5.92 Å². The van der Waals surface area contributed by atoms with Crippen LogP contribution in [0.1, 0.15) is 49.7 Å². The van der Waals surface area contributed by atoms with Crippen LogP contribution in [0.25, 0.3) is 0 Å². The maximum atomic E-state index is 13.1. The molecule has 1 unspecified atom stereocenters. The molecule has 2 heteroatoms. The summed E-state index contributed by atoms with van der Waals surface area (Å²) in [4.78, 5) is 0. The van der Waals surface area contributed by atoms with Crippen LogP contribution in [0.15, 0.2) is 18.2 Å². The van der Waals surface area contributed by atoms with E-state index in [9.17, 15) is 4.39 Å². The highest BCUT2D eigenvalue weighted by atomic mass is 19.1. The van der Waals surface area contributed by atoms with Gasteiger partial charge >= 0.3 is 0 Å². The molecular formula is C14H20FN. The monoisotopic (exact) mass is 221 g/mol. The molecule has 0 bridgehead atoms. The van der Waals surface area contributed by atoms with Crippen molar-refractivity contribution in [2.75, 3.05) is 0 Å². The van der Waals surface area contributed by atoms with Gasteiger partial charge in [-0.2, -0.15) is 0 Å². The molecular weight excluding hydrogens is 201 g/mol. The van der Waals surface area contributed by atoms with Gasteiger partial charge in [0.05, 0.1) is 0 Å². The molecule has 1 aliphatic carbocycles. The molecule has 0 spiro atoms. The number of benzene rings is 1. The fraction of sp³-hybridized carbons (Fsp3) is 0.571. The Labute approximate surface area is 96.9 Å². The summed E-state index contributed by atoms with van der Waals surface area (Å²) in [7, 11) is 0. The molecule has 0 radical (unpaired) electrons. The zero-order valence-electron chi connectivity index (χ0n) is 10.1. The number of nitrogens with two attached hydrogens (primary N) is 1.